The minimum absolute atomic E-state index is 0.0158. The van der Waals surface area contributed by atoms with Crippen LogP contribution in [-0.4, -0.2) is 10.5 Å². The van der Waals surface area contributed by atoms with Gasteiger partial charge in [-0.3, -0.25) is 9.59 Å². The van der Waals surface area contributed by atoms with Crippen LogP contribution >= 0.6 is 11.3 Å². The molecule has 1 aromatic carbocycles. The Morgan fingerprint density at radius 2 is 2.05 bits per heavy atom. The smallest absolute Gasteiger partial charge is 0.307 e. The maximum absolute atomic E-state index is 12.0. The molecule has 6 heteroatoms. The van der Waals surface area contributed by atoms with Crippen molar-refractivity contribution in [3.63, 3.8) is 0 Å². The van der Waals surface area contributed by atoms with Gasteiger partial charge in [0, 0.05) is 34.9 Å². The zero-order chi connectivity index (χ0) is 15.6. The zero-order valence-electron chi connectivity index (χ0n) is 12.4. The predicted molar refractivity (Wildman–Crippen MR) is 86.9 cm³/mol. The molecule has 1 amide bonds. The van der Waals surface area contributed by atoms with Gasteiger partial charge >= 0.3 is 4.87 Å². The maximum Gasteiger partial charge on any atom is 0.307 e. The third-order valence-electron chi connectivity index (χ3n) is 3.59. The van der Waals surface area contributed by atoms with Gasteiger partial charge < -0.3 is 15.6 Å². The first-order valence-corrected chi connectivity index (χ1v) is 7.53. The maximum atomic E-state index is 12.0. The Bertz CT molecular complexity index is 731. The fourth-order valence-electron chi connectivity index (χ4n) is 2.06. The monoisotopic (exact) mass is 305 g/mol. The molecule has 0 aliphatic carbocycles. The quantitative estimate of drug-likeness (QED) is 0.852. The molecule has 0 aliphatic heterocycles. The van der Waals surface area contributed by atoms with Crippen molar-refractivity contribution in [2.24, 2.45) is 0 Å². The number of aryl methyl sites for hydroxylation is 1. The summed E-state index contributed by atoms with van der Waals surface area (Å²) in [4.78, 5) is 24.8. The first-order chi connectivity index (χ1) is 9.90. The Labute approximate surface area is 127 Å². The molecule has 112 valence electrons. The minimum Gasteiger partial charge on any atom is -0.398 e. The zero-order valence-corrected chi connectivity index (χ0v) is 13.2. The summed E-state index contributed by atoms with van der Waals surface area (Å²) in [5.41, 5.74) is 8.95. The van der Waals surface area contributed by atoms with Gasteiger partial charge in [0.2, 0.25) is 5.91 Å². The van der Waals surface area contributed by atoms with E-state index in [1.165, 1.54) is 11.3 Å². The molecule has 0 saturated heterocycles. The van der Waals surface area contributed by atoms with Crippen LogP contribution in [0.25, 0.3) is 0 Å². The number of carbonyl (C=O) groups is 1. The first-order valence-electron chi connectivity index (χ1n) is 6.72. The lowest BCUT2D eigenvalue weighted by Gasteiger charge is -2.10. The number of nitrogen functional groups attached to an aromatic ring is 1. The number of rotatable bonds is 4. The fourth-order valence-corrected chi connectivity index (χ4v) is 2.92. The molecule has 0 atom stereocenters. The highest BCUT2D eigenvalue weighted by Crippen LogP contribution is 2.20. The molecular formula is C15H19N3O2S. The van der Waals surface area contributed by atoms with E-state index in [0.717, 1.165) is 16.1 Å². The molecule has 0 aliphatic rings. The topological polar surface area (TPSA) is 77.1 Å². The number of aromatic nitrogens is 1. The van der Waals surface area contributed by atoms with Crippen LogP contribution in [0, 0.1) is 20.8 Å². The molecule has 0 spiro atoms. The normalized spacial score (nSPS) is 10.6. The van der Waals surface area contributed by atoms with Crippen molar-refractivity contribution in [1.82, 2.24) is 4.57 Å². The van der Waals surface area contributed by atoms with E-state index in [2.05, 4.69) is 5.32 Å². The Morgan fingerprint density at radius 3 is 2.67 bits per heavy atom. The van der Waals surface area contributed by atoms with Crippen LogP contribution in [0.1, 0.15) is 22.6 Å². The molecule has 2 aromatic rings. The molecule has 0 bridgehead atoms. The summed E-state index contributed by atoms with van der Waals surface area (Å²) >= 11 is 1.22. The Kier molecular flexibility index (Phi) is 4.47. The van der Waals surface area contributed by atoms with Crippen molar-refractivity contribution in [3.05, 3.63) is 44.0 Å². The van der Waals surface area contributed by atoms with Crippen molar-refractivity contribution in [1.29, 1.82) is 0 Å². The molecule has 0 unspecified atom stereocenters. The summed E-state index contributed by atoms with van der Waals surface area (Å²) in [7, 11) is 0. The van der Waals surface area contributed by atoms with Gasteiger partial charge in [-0.05, 0) is 38.5 Å². The Balaban J connectivity index is 2.03. The summed E-state index contributed by atoms with van der Waals surface area (Å²) in [6, 6.07) is 5.41. The van der Waals surface area contributed by atoms with Gasteiger partial charge in [0.25, 0.3) is 0 Å². The highest BCUT2D eigenvalue weighted by Gasteiger charge is 2.10. The second-order valence-electron chi connectivity index (χ2n) is 4.98. The van der Waals surface area contributed by atoms with E-state index in [9.17, 15) is 9.59 Å². The van der Waals surface area contributed by atoms with Crippen LogP contribution in [0.5, 0.6) is 0 Å². The lowest BCUT2D eigenvalue weighted by Crippen LogP contribution is -2.20. The minimum atomic E-state index is -0.126. The number of thiazole rings is 1. The van der Waals surface area contributed by atoms with Gasteiger partial charge in [-0.15, -0.1) is 0 Å². The van der Waals surface area contributed by atoms with E-state index in [-0.39, 0.29) is 17.2 Å². The Morgan fingerprint density at radius 1 is 1.33 bits per heavy atom. The van der Waals surface area contributed by atoms with Crippen LogP contribution in [0.3, 0.4) is 0 Å². The fraction of sp³-hybridized carbons (Fsp3) is 0.333. The molecule has 1 aromatic heterocycles. The summed E-state index contributed by atoms with van der Waals surface area (Å²) in [5, 5.41) is 2.84. The van der Waals surface area contributed by atoms with Gasteiger partial charge in [-0.1, -0.05) is 17.4 Å². The van der Waals surface area contributed by atoms with Crippen molar-refractivity contribution < 1.29 is 4.79 Å². The largest absolute Gasteiger partial charge is 0.398 e. The number of hydrogen-bond donors (Lipinski definition) is 2. The average molecular weight is 305 g/mol. The molecule has 1 heterocycles. The lowest BCUT2D eigenvalue weighted by molar-refractivity contribution is -0.116. The Hall–Kier alpha value is -2.08. The molecule has 0 fully saturated rings. The van der Waals surface area contributed by atoms with Crippen LogP contribution in [0.2, 0.25) is 0 Å². The lowest BCUT2D eigenvalue weighted by atomic mass is 10.1. The number of hydrogen-bond acceptors (Lipinski definition) is 4. The van der Waals surface area contributed by atoms with Crippen molar-refractivity contribution in [2.45, 2.75) is 33.7 Å². The number of anilines is 2. The molecule has 21 heavy (non-hydrogen) atoms. The summed E-state index contributed by atoms with van der Waals surface area (Å²) < 4.78 is 1.64. The molecular weight excluding hydrogens is 286 g/mol. The van der Waals surface area contributed by atoms with Crippen molar-refractivity contribution in [3.8, 4) is 0 Å². The number of amides is 1. The number of benzene rings is 1. The van der Waals surface area contributed by atoms with Gasteiger partial charge in [0.1, 0.15) is 0 Å². The van der Waals surface area contributed by atoms with Gasteiger partial charge in [-0.2, -0.15) is 0 Å². The van der Waals surface area contributed by atoms with E-state index < -0.39 is 0 Å². The highest BCUT2D eigenvalue weighted by atomic mass is 32.1. The number of carbonyl (C=O) groups excluding carboxylic acids is 1. The third kappa shape index (κ3) is 3.33. The number of nitrogens with one attached hydrogen (secondary N) is 1. The van der Waals surface area contributed by atoms with E-state index in [4.69, 9.17) is 5.73 Å². The van der Waals surface area contributed by atoms with E-state index >= 15 is 0 Å². The van der Waals surface area contributed by atoms with Crippen LogP contribution < -0.4 is 15.9 Å². The van der Waals surface area contributed by atoms with Crippen LogP contribution in [0.15, 0.2) is 23.0 Å². The van der Waals surface area contributed by atoms with E-state index in [0.29, 0.717) is 17.9 Å². The molecule has 5 nitrogen and oxygen atoms in total. The van der Waals surface area contributed by atoms with Crippen molar-refractivity contribution in [2.75, 3.05) is 11.1 Å². The molecule has 0 radical (unpaired) electrons. The third-order valence-corrected chi connectivity index (χ3v) is 4.58. The van der Waals surface area contributed by atoms with Crippen LogP contribution in [0.4, 0.5) is 11.4 Å². The number of nitrogens with zero attached hydrogens (tertiary/aromatic N) is 1. The highest BCUT2D eigenvalue weighted by molar-refractivity contribution is 7.09. The van der Waals surface area contributed by atoms with Crippen molar-refractivity contribution >= 4 is 28.6 Å². The van der Waals surface area contributed by atoms with Crippen LogP contribution in [-0.2, 0) is 11.3 Å². The first kappa shape index (κ1) is 15.3. The summed E-state index contributed by atoms with van der Waals surface area (Å²) in [6.07, 6.45) is 0.255. The molecule has 3 N–H and O–H groups in total. The molecule has 2 rings (SSSR count). The second-order valence-corrected chi connectivity index (χ2v) is 6.14. The van der Waals surface area contributed by atoms with E-state index in [1.54, 1.807) is 16.7 Å². The SMILES string of the molecule is Cc1sc(=O)n(CCC(=O)Nc2cccc(N)c2C)c1C. The standard InChI is InChI=1S/C15H19N3O2S/c1-9-12(16)5-4-6-13(9)17-14(19)7-8-18-10(2)11(3)21-15(18)20/h4-6H,7-8,16H2,1-3H3,(H,17,19). The molecule has 0 saturated carbocycles. The second kappa shape index (κ2) is 6.13. The summed E-state index contributed by atoms with van der Waals surface area (Å²) in [6.45, 7) is 6.06. The number of nitrogens with two attached hydrogens (primary N) is 1. The van der Waals surface area contributed by atoms with Gasteiger partial charge in [0.15, 0.2) is 0 Å². The predicted octanol–water partition coefficient (Wildman–Crippen LogP) is 2.45. The summed E-state index contributed by atoms with van der Waals surface area (Å²) in [5.74, 6) is -0.126. The van der Waals surface area contributed by atoms with E-state index in [1.807, 2.05) is 26.8 Å². The van der Waals surface area contributed by atoms with Gasteiger partial charge in [0.05, 0.1) is 0 Å². The van der Waals surface area contributed by atoms with Gasteiger partial charge in [-0.25, -0.2) is 0 Å². The average Bonchev–Trinajstić information content (AvgIpc) is 2.67.